The zero-order chi connectivity index (χ0) is 10.8. The number of nitrogens with zero attached hydrogens (tertiary/aromatic N) is 1. The van der Waals surface area contributed by atoms with Crippen LogP contribution in [0.15, 0.2) is 12.7 Å². The van der Waals surface area contributed by atoms with Crippen molar-refractivity contribution in [3.63, 3.8) is 0 Å². The van der Waals surface area contributed by atoms with Gasteiger partial charge in [0.25, 0.3) is 0 Å². The van der Waals surface area contributed by atoms with Crippen molar-refractivity contribution in [3.05, 3.63) is 12.7 Å². The maximum absolute atomic E-state index is 10.9. The van der Waals surface area contributed by atoms with E-state index in [-0.39, 0.29) is 4.75 Å². The summed E-state index contributed by atoms with van der Waals surface area (Å²) in [5.41, 5.74) is 0. The Morgan fingerprint density at radius 1 is 1.71 bits per heavy atom. The van der Waals surface area contributed by atoms with Crippen LogP contribution in [0.2, 0.25) is 0 Å². The first-order valence-corrected chi connectivity index (χ1v) is 5.68. The fraction of sp³-hybridized carbons (Fsp3) is 0.700. The molecule has 4 heteroatoms. The predicted octanol–water partition coefficient (Wildman–Crippen LogP) is 1.45. The fourth-order valence-electron chi connectivity index (χ4n) is 1.70. The molecule has 0 aromatic carbocycles. The monoisotopic (exact) mass is 215 g/mol. The van der Waals surface area contributed by atoms with E-state index < -0.39 is 12.0 Å². The summed E-state index contributed by atoms with van der Waals surface area (Å²) in [6.45, 7) is 9.50. The van der Waals surface area contributed by atoms with Crippen LogP contribution in [0.5, 0.6) is 0 Å². The molecule has 1 saturated heterocycles. The van der Waals surface area contributed by atoms with E-state index in [1.165, 1.54) is 6.08 Å². The standard InChI is InChI=1S/C10H17NO2S/c1-4-8(9(12)13)11-5-6-14-10(2,3)7-11/h4,8H,1,5-7H2,2-3H3,(H,12,13). The number of thioether (sulfide) groups is 1. The maximum Gasteiger partial charge on any atom is 0.324 e. The summed E-state index contributed by atoms with van der Waals surface area (Å²) in [6, 6.07) is -0.532. The summed E-state index contributed by atoms with van der Waals surface area (Å²) < 4.78 is 0.148. The van der Waals surface area contributed by atoms with Gasteiger partial charge in [-0.25, -0.2) is 0 Å². The lowest BCUT2D eigenvalue weighted by Crippen LogP contribution is -2.50. The quantitative estimate of drug-likeness (QED) is 0.723. The van der Waals surface area contributed by atoms with Gasteiger partial charge in [0.05, 0.1) is 0 Å². The molecule has 0 bridgehead atoms. The average Bonchev–Trinajstić information content (AvgIpc) is 2.02. The second kappa shape index (κ2) is 4.36. The third-order valence-corrected chi connectivity index (χ3v) is 3.62. The highest BCUT2D eigenvalue weighted by Crippen LogP contribution is 2.30. The molecular formula is C10H17NO2S. The minimum absolute atomic E-state index is 0.148. The molecule has 1 heterocycles. The van der Waals surface area contributed by atoms with Crippen LogP contribution in [0.1, 0.15) is 13.8 Å². The number of hydrogen-bond acceptors (Lipinski definition) is 3. The average molecular weight is 215 g/mol. The lowest BCUT2D eigenvalue weighted by atomic mass is 10.1. The van der Waals surface area contributed by atoms with E-state index in [1.807, 2.05) is 16.7 Å². The van der Waals surface area contributed by atoms with Gasteiger partial charge in [-0.3, -0.25) is 9.69 Å². The molecule has 0 spiro atoms. The third kappa shape index (κ3) is 2.75. The summed E-state index contributed by atoms with van der Waals surface area (Å²) in [6.07, 6.45) is 1.51. The van der Waals surface area contributed by atoms with Crippen molar-refractivity contribution in [2.45, 2.75) is 24.6 Å². The number of aliphatic carboxylic acids is 1. The molecule has 1 N–H and O–H groups in total. The molecule has 1 unspecified atom stereocenters. The minimum atomic E-state index is -0.803. The minimum Gasteiger partial charge on any atom is -0.480 e. The first kappa shape index (κ1) is 11.6. The van der Waals surface area contributed by atoms with Crippen LogP contribution in [-0.2, 0) is 4.79 Å². The Morgan fingerprint density at radius 2 is 2.36 bits per heavy atom. The first-order chi connectivity index (χ1) is 6.46. The third-order valence-electron chi connectivity index (χ3n) is 2.32. The van der Waals surface area contributed by atoms with Crippen LogP contribution >= 0.6 is 11.8 Å². The van der Waals surface area contributed by atoms with Crippen LogP contribution in [0.4, 0.5) is 0 Å². The SMILES string of the molecule is C=CC(C(=O)O)N1CCSC(C)(C)C1. The highest BCUT2D eigenvalue weighted by Gasteiger charge is 2.32. The second-order valence-electron chi connectivity index (χ2n) is 4.10. The van der Waals surface area contributed by atoms with Crippen LogP contribution in [0.25, 0.3) is 0 Å². The van der Waals surface area contributed by atoms with Crippen molar-refractivity contribution >= 4 is 17.7 Å². The lowest BCUT2D eigenvalue weighted by molar-refractivity contribution is -0.141. The largest absolute Gasteiger partial charge is 0.480 e. The van der Waals surface area contributed by atoms with Gasteiger partial charge < -0.3 is 5.11 Å². The van der Waals surface area contributed by atoms with Gasteiger partial charge in [0.1, 0.15) is 6.04 Å². The predicted molar refractivity (Wildman–Crippen MR) is 59.7 cm³/mol. The smallest absolute Gasteiger partial charge is 0.324 e. The number of carbonyl (C=O) groups is 1. The summed E-state index contributed by atoms with van der Waals surface area (Å²) in [4.78, 5) is 12.9. The van der Waals surface area contributed by atoms with Gasteiger partial charge in [-0.1, -0.05) is 6.08 Å². The molecule has 1 atom stereocenters. The van der Waals surface area contributed by atoms with Crippen molar-refractivity contribution in [1.82, 2.24) is 4.90 Å². The summed E-state index contributed by atoms with van der Waals surface area (Å²) in [7, 11) is 0. The van der Waals surface area contributed by atoms with Crippen LogP contribution in [-0.4, -0.2) is 45.6 Å². The highest BCUT2D eigenvalue weighted by atomic mass is 32.2. The Hall–Kier alpha value is -0.480. The zero-order valence-corrected chi connectivity index (χ0v) is 9.51. The van der Waals surface area contributed by atoms with Gasteiger partial charge in [-0.05, 0) is 13.8 Å². The van der Waals surface area contributed by atoms with E-state index in [9.17, 15) is 4.79 Å². The molecule has 0 amide bonds. The fourth-order valence-corrected chi connectivity index (χ4v) is 2.83. The Kier molecular flexibility index (Phi) is 3.61. The van der Waals surface area contributed by atoms with Crippen molar-refractivity contribution in [2.75, 3.05) is 18.8 Å². The highest BCUT2D eigenvalue weighted by molar-refractivity contribution is 8.00. The van der Waals surface area contributed by atoms with E-state index >= 15 is 0 Å². The lowest BCUT2D eigenvalue weighted by Gasteiger charge is -2.39. The van der Waals surface area contributed by atoms with Crippen molar-refractivity contribution in [1.29, 1.82) is 0 Å². The van der Waals surface area contributed by atoms with E-state index in [2.05, 4.69) is 20.4 Å². The molecule has 0 radical (unpaired) electrons. The number of rotatable bonds is 3. The molecule has 0 aromatic rings. The van der Waals surface area contributed by atoms with E-state index in [0.29, 0.717) is 0 Å². The Labute approximate surface area is 89.2 Å². The van der Waals surface area contributed by atoms with Gasteiger partial charge in [0.15, 0.2) is 0 Å². The molecule has 1 rings (SSSR count). The van der Waals surface area contributed by atoms with E-state index in [4.69, 9.17) is 5.11 Å². The van der Waals surface area contributed by atoms with Gasteiger partial charge in [0, 0.05) is 23.6 Å². The molecule has 14 heavy (non-hydrogen) atoms. The summed E-state index contributed by atoms with van der Waals surface area (Å²) in [5.74, 6) is 0.188. The molecule has 0 aromatic heterocycles. The van der Waals surface area contributed by atoms with Gasteiger partial charge in [-0.15, -0.1) is 6.58 Å². The molecule has 0 aliphatic carbocycles. The summed E-state index contributed by atoms with van der Waals surface area (Å²) in [5, 5.41) is 8.98. The van der Waals surface area contributed by atoms with Crippen molar-refractivity contribution < 1.29 is 9.90 Å². The Bertz CT molecular complexity index is 240. The number of carboxylic acids is 1. The van der Waals surface area contributed by atoms with Gasteiger partial charge in [0.2, 0.25) is 0 Å². The number of carboxylic acid groups (broad SMARTS) is 1. The maximum atomic E-state index is 10.9. The molecule has 1 fully saturated rings. The number of hydrogen-bond donors (Lipinski definition) is 1. The van der Waals surface area contributed by atoms with Crippen LogP contribution < -0.4 is 0 Å². The van der Waals surface area contributed by atoms with Gasteiger partial charge >= 0.3 is 5.97 Å². The van der Waals surface area contributed by atoms with Crippen LogP contribution in [0.3, 0.4) is 0 Å². The summed E-state index contributed by atoms with van der Waals surface area (Å²) >= 11 is 1.89. The molecule has 1 aliphatic heterocycles. The molecule has 80 valence electrons. The topological polar surface area (TPSA) is 40.5 Å². The molecule has 1 aliphatic rings. The normalized spacial score (nSPS) is 24.1. The van der Waals surface area contributed by atoms with Crippen LogP contribution in [0, 0.1) is 0 Å². The Balaban J connectivity index is 2.67. The zero-order valence-electron chi connectivity index (χ0n) is 8.69. The van der Waals surface area contributed by atoms with Crippen molar-refractivity contribution in [2.24, 2.45) is 0 Å². The molecule has 0 saturated carbocycles. The Morgan fingerprint density at radius 3 is 2.79 bits per heavy atom. The first-order valence-electron chi connectivity index (χ1n) is 4.69. The van der Waals surface area contributed by atoms with Crippen molar-refractivity contribution in [3.8, 4) is 0 Å². The van der Waals surface area contributed by atoms with E-state index in [0.717, 1.165) is 18.8 Å². The molecule has 3 nitrogen and oxygen atoms in total. The van der Waals surface area contributed by atoms with E-state index in [1.54, 1.807) is 0 Å². The van der Waals surface area contributed by atoms with Gasteiger partial charge in [-0.2, -0.15) is 11.8 Å². The molecular weight excluding hydrogens is 198 g/mol. The second-order valence-corrected chi connectivity index (χ2v) is 5.90.